The van der Waals surface area contributed by atoms with E-state index in [4.69, 9.17) is 9.84 Å². The van der Waals surface area contributed by atoms with Crippen molar-refractivity contribution >= 4 is 17.8 Å². The molecule has 1 aromatic heterocycles. The number of hydrogen-bond acceptors (Lipinski definition) is 5. The largest absolute Gasteiger partial charge is 0.497 e. The van der Waals surface area contributed by atoms with Crippen molar-refractivity contribution in [2.75, 3.05) is 33.3 Å². The number of carbonyl (C=O) groups excluding carboxylic acids is 2. The van der Waals surface area contributed by atoms with Crippen molar-refractivity contribution in [1.29, 1.82) is 0 Å². The molecule has 0 radical (unpaired) electrons. The molecule has 0 aliphatic carbocycles. The summed E-state index contributed by atoms with van der Waals surface area (Å²) in [6.45, 7) is 3.18. The lowest BCUT2D eigenvalue weighted by atomic mass is 10.1. The normalized spacial score (nSPS) is 13.9. The van der Waals surface area contributed by atoms with E-state index in [2.05, 4.69) is 4.98 Å². The lowest BCUT2D eigenvalue weighted by Gasteiger charge is -2.34. The number of carboxylic acids is 1. The molecule has 0 atom stereocenters. The zero-order valence-corrected chi connectivity index (χ0v) is 15.7. The highest BCUT2D eigenvalue weighted by atomic mass is 16.5. The van der Waals surface area contributed by atoms with Gasteiger partial charge in [-0.25, -0.2) is 9.78 Å². The topological polar surface area (TPSA) is 100 Å². The van der Waals surface area contributed by atoms with Crippen molar-refractivity contribution in [3.63, 3.8) is 0 Å². The molecule has 1 aromatic carbocycles. The number of nitrogens with zero attached hydrogens (tertiary/aromatic N) is 3. The third kappa shape index (κ3) is 3.95. The third-order valence-electron chi connectivity index (χ3n) is 4.73. The predicted molar refractivity (Wildman–Crippen MR) is 101 cm³/mol. The Kier molecular flexibility index (Phi) is 5.58. The van der Waals surface area contributed by atoms with E-state index >= 15 is 0 Å². The van der Waals surface area contributed by atoms with E-state index in [-0.39, 0.29) is 23.1 Å². The number of hydrogen-bond donors (Lipinski definition) is 1. The Morgan fingerprint density at radius 3 is 2.00 bits per heavy atom. The molecule has 1 fully saturated rings. The maximum Gasteiger partial charge on any atom is 0.337 e. The van der Waals surface area contributed by atoms with Crippen molar-refractivity contribution in [2.45, 2.75) is 6.92 Å². The van der Waals surface area contributed by atoms with Crippen molar-refractivity contribution in [3.8, 4) is 5.75 Å². The van der Waals surface area contributed by atoms with Gasteiger partial charge in [-0.3, -0.25) is 9.59 Å². The third-order valence-corrected chi connectivity index (χ3v) is 4.73. The monoisotopic (exact) mass is 383 g/mol. The van der Waals surface area contributed by atoms with Crippen molar-refractivity contribution in [3.05, 3.63) is 58.9 Å². The number of benzene rings is 1. The molecule has 0 spiro atoms. The summed E-state index contributed by atoms with van der Waals surface area (Å²) >= 11 is 0. The molecule has 2 heterocycles. The summed E-state index contributed by atoms with van der Waals surface area (Å²) in [6.07, 6.45) is 0. The van der Waals surface area contributed by atoms with Crippen molar-refractivity contribution in [2.24, 2.45) is 0 Å². The van der Waals surface area contributed by atoms with Crippen LogP contribution < -0.4 is 4.74 Å². The zero-order chi connectivity index (χ0) is 20.3. The first-order valence-corrected chi connectivity index (χ1v) is 8.84. The molecule has 146 valence electrons. The summed E-state index contributed by atoms with van der Waals surface area (Å²) in [5.74, 6) is -0.746. The predicted octanol–water partition coefficient (Wildman–Crippen LogP) is 1.70. The zero-order valence-electron chi connectivity index (χ0n) is 15.7. The minimum absolute atomic E-state index is 0.0754. The van der Waals surface area contributed by atoms with E-state index in [9.17, 15) is 14.4 Å². The molecule has 2 amide bonds. The van der Waals surface area contributed by atoms with Gasteiger partial charge in [0.1, 0.15) is 11.4 Å². The minimum Gasteiger partial charge on any atom is -0.497 e. The lowest BCUT2D eigenvalue weighted by molar-refractivity contribution is 0.0532. The second-order valence-electron chi connectivity index (χ2n) is 6.45. The van der Waals surface area contributed by atoms with Gasteiger partial charge in [-0.2, -0.15) is 0 Å². The van der Waals surface area contributed by atoms with Crippen LogP contribution in [0.15, 0.2) is 36.4 Å². The van der Waals surface area contributed by atoms with Gasteiger partial charge in [-0.15, -0.1) is 0 Å². The molecule has 1 aliphatic heterocycles. The number of aryl methyl sites for hydroxylation is 1. The SMILES string of the molecule is COc1ccc(C(=O)N2CCN(C(=O)c3ccc(C(=O)O)c(C)n3)CC2)cc1. The molecule has 1 aliphatic rings. The Labute approximate surface area is 162 Å². The average Bonchev–Trinajstić information content (AvgIpc) is 2.72. The highest BCUT2D eigenvalue weighted by Gasteiger charge is 2.26. The fourth-order valence-electron chi connectivity index (χ4n) is 3.10. The maximum absolute atomic E-state index is 12.6. The smallest absolute Gasteiger partial charge is 0.337 e. The van der Waals surface area contributed by atoms with E-state index < -0.39 is 5.97 Å². The van der Waals surface area contributed by atoms with Crippen LogP contribution >= 0.6 is 0 Å². The summed E-state index contributed by atoms with van der Waals surface area (Å²) < 4.78 is 5.10. The summed E-state index contributed by atoms with van der Waals surface area (Å²) in [6, 6.07) is 9.73. The molecule has 1 N–H and O–H groups in total. The van der Waals surface area contributed by atoms with Crippen LogP contribution in [0.3, 0.4) is 0 Å². The van der Waals surface area contributed by atoms with Crippen LogP contribution in [-0.2, 0) is 0 Å². The van der Waals surface area contributed by atoms with Crippen LogP contribution in [0.2, 0.25) is 0 Å². The Morgan fingerprint density at radius 1 is 0.929 bits per heavy atom. The summed E-state index contributed by atoms with van der Waals surface area (Å²) in [5.41, 5.74) is 1.15. The Bertz CT molecular complexity index is 903. The van der Waals surface area contributed by atoms with E-state index in [1.54, 1.807) is 48.1 Å². The molecule has 8 nitrogen and oxygen atoms in total. The fourth-order valence-corrected chi connectivity index (χ4v) is 3.10. The quantitative estimate of drug-likeness (QED) is 0.863. The van der Waals surface area contributed by atoms with Gasteiger partial charge in [0.25, 0.3) is 11.8 Å². The van der Waals surface area contributed by atoms with E-state index in [1.165, 1.54) is 12.1 Å². The first-order chi connectivity index (χ1) is 13.4. The number of amides is 2. The van der Waals surface area contributed by atoms with Gasteiger partial charge >= 0.3 is 5.97 Å². The molecule has 0 saturated carbocycles. The van der Waals surface area contributed by atoms with Crippen LogP contribution in [0.25, 0.3) is 0 Å². The highest BCUT2D eigenvalue weighted by molar-refractivity contribution is 5.96. The molecule has 8 heteroatoms. The van der Waals surface area contributed by atoms with Crippen LogP contribution in [0.1, 0.15) is 36.9 Å². The van der Waals surface area contributed by atoms with Crippen molar-refractivity contribution in [1.82, 2.24) is 14.8 Å². The maximum atomic E-state index is 12.6. The number of carbonyl (C=O) groups is 3. The molecular weight excluding hydrogens is 362 g/mol. The standard InChI is InChI=1S/C20H21N3O5/c1-13-16(20(26)27)7-8-17(21-13)19(25)23-11-9-22(10-12-23)18(24)14-3-5-15(28-2)6-4-14/h3-8H,9-12H2,1-2H3,(H,26,27). The summed E-state index contributed by atoms with van der Waals surface area (Å²) in [4.78, 5) is 43.8. The van der Waals surface area contributed by atoms with Gasteiger partial charge in [0.05, 0.1) is 18.4 Å². The number of aromatic nitrogens is 1. The van der Waals surface area contributed by atoms with Crippen LogP contribution in [-0.4, -0.2) is 71.0 Å². The number of aromatic carboxylic acids is 1. The van der Waals surface area contributed by atoms with E-state index in [1.807, 2.05) is 0 Å². The van der Waals surface area contributed by atoms with Gasteiger partial charge in [-0.05, 0) is 43.3 Å². The number of ether oxygens (including phenoxy) is 1. The van der Waals surface area contributed by atoms with Gasteiger partial charge < -0.3 is 19.6 Å². The second kappa shape index (κ2) is 8.08. The van der Waals surface area contributed by atoms with E-state index in [0.29, 0.717) is 43.2 Å². The summed E-state index contributed by atoms with van der Waals surface area (Å²) in [5, 5.41) is 9.07. The Hall–Kier alpha value is -3.42. The molecule has 1 saturated heterocycles. The highest BCUT2D eigenvalue weighted by Crippen LogP contribution is 2.15. The van der Waals surface area contributed by atoms with Gasteiger partial charge in [-0.1, -0.05) is 0 Å². The van der Waals surface area contributed by atoms with Crippen LogP contribution in [0, 0.1) is 6.92 Å². The number of methoxy groups -OCH3 is 1. The Balaban J connectivity index is 1.63. The summed E-state index contributed by atoms with van der Waals surface area (Å²) in [7, 11) is 1.57. The Morgan fingerprint density at radius 2 is 1.50 bits per heavy atom. The molecule has 0 bridgehead atoms. The number of pyridine rings is 1. The van der Waals surface area contributed by atoms with Crippen molar-refractivity contribution < 1.29 is 24.2 Å². The number of piperazine rings is 1. The molecule has 2 aromatic rings. The first-order valence-electron chi connectivity index (χ1n) is 8.84. The number of rotatable bonds is 4. The van der Waals surface area contributed by atoms with Crippen LogP contribution in [0.4, 0.5) is 0 Å². The average molecular weight is 383 g/mol. The lowest BCUT2D eigenvalue weighted by Crippen LogP contribution is -2.50. The molecule has 28 heavy (non-hydrogen) atoms. The minimum atomic E-state index is -1.07. The van der Waals surface area contributed by atoms with E-state index in [0.717, 1.165) is 0 Å². The molecule has 0 unspecified atom stereocenters. The fraction of sp³-hybridized carbons (Fsp3) is 0.300. The molecule has 3 rings (SSSR count). The van der Waals surface area contributed by atoms with Crippen LogP contribution in [0.5, 0.6) is 5.75 Å². The van der Waals surface area contributed by atoms with Gasteiger partial charge in [0.2, 0.25) is 0 Å². The van der Waals surface area contributed by atoms with Gasteiger partial charge in [0, 0.05) is 31.7 Å². The van der Waals surface area contributed by atoms with Gasteiger partial charge in [0.15, 0.2) is 0 Å². The first kappa shape index (κ1) is 19.3. The molecular formula is C20H21N3O5. The number of carboxylic acid groups (broad SMARTS) is 1. The second-order valence-corrected chi connectivity index (χ2v) is 6.45.